The van der Waals surface area contributed by atoms with Crippen LogP contribution in [-0.2, 0) is 17.9 Å². The molecule has 3 rings (SSSR count). The molecule has 0 spiro atoms. The zero-order valence-electron chi connectivity index (χ0n) is 13.0. The maximum Gasteiger partial charge on any atom is 0.410 e. The largest absolute Gasteiger partial charge is 0.445 e. The van der Waals surface area contributed by atoms with Gasteiger partial charge < -0.3 is 9.64 Å². The number of benzene rings is 2. The zero-order valence-corrected chi connectivity index (χ0v) is 14.7. The molecule has 0 atom stereocenters. The number of ether oxygens (including phenoxy) is 1. The van der Waals surface area contributed by atoms with Crippen molar-refractivity contribution in [1.82, 2.24) is 4.90 Å². The topological polar surface area (TPSA) is 29.5 Å². The lowest BCUT2D eigenvalue weighted by Crippen LogP contribution is -2.32. The molecule has 2 aromatic rings. The van der Waals surface area contributed by atoms with Crippen LogP contribution in [0.25, 0.3) is 0 Å². The molecule has 0 radical (unpaired) electrons. The van der Waals surface area contributed by atoms with Gasteiger partial charge in [0.1, 0.15) is 6.61 Å². The zero-order chi connectivity index (χ0) is 16.1. The van der Waals surface area contributed by atoms with Crippen molar-refractivity contribution < 1.29 is 9.53 Å². The van der Waals surface area contributed by atoms with Crippen LogP contribution in [0.2, 0.25) is 0 Å². The van der Waals surface area contributed by atoms with Gasteiger partial charge in [-0.2, -0.15) is 0 Å². The number of carbonyl (C=O) groups excluding carboxylic acids is 1. The maximum atomic E-state index is 12.4. The number of carbonyl (C=O) groups is 1. The third kappa shape index (κ3) is 4.24. The van der Waals surface area contributed by atoms with E-state index in [0.717, 1.165) is 11.3 Å². The molecular weight excluding hydrogens is 326 g/mol. The van der Waals surface area contributed by atoms with Crippen molar-refractivity contribution in [2.24, 2.45) is 0 Å². The van der Waals surface area contributed by atoms with Gasteiger partial charge in [0.2, 0.25) is 0 Å². The molecular formula is C18H19NO2S2. The molecule has 0 saturated carbocycles. The van der Waals surface area contributed by atoms with E-state index in [2.05, 4.69) is 24.5 Å². The third-order valence-electron chi connectivity index (χ3n) is 3.71. The van der Waals surface area contributed by atoms with Gasteiger partial charge in [0, 0.05) is 22.1 Å². The van der Waals surface area contributed by atoms with Crippen molar-refractivity contribution in [3.8, 4) is 0 Å². The summed E-state index contributed by atoms with van der Waals surface area (Å²) < 4.78 is 5.47. The highest BCUT2D eigenvalue weighted by molar-refractivity contribution is 7.99. The fraction of sp³-hybridized carbons (Fsp3) is 0.278. The van der Waals surface area contributed by atoms with Crippen LogP contribution in [0.3, 0.4) is 0 Å². The predicted molar refractivity (Wildman–Crippen MR) is 96.0 cm³/mol. The number of fused-ring (bicyclic) bond motifs is 1. The molecule has 2 aromatic carbocycles. The first-order valence-electron chi connectivity index (χ1n) is 7.51. The van der Waals surface area contributed by atoms with E-state index in [1.54, 1.807) is 28.4 Å². The molecule has 0 saturated heterocycles. The van der Waals surface area contributed by atoms with Crippen molar-refractivity contribution in [3.05, 3.63) is 59.7 Å². The molecule has 0 aliphatic carbocycles. The Hall–Kier alpha value is -1.59. The van der Waals surface area contributed by atoms with Crippen LogP contribution in [0, 0.1) is 0 Å². The summed E-state index contributed by atoms with van der Waals surface area (Å²) in [7, 11) is 0. The van der Waals surface area contributed by atoms with Crippen LogP contribution in [0.1, 0.15) is 11.1 Å². The summed E-state index contributed by atoms with van der Waals surface area (Å²) in [6.45, 7) is 1.65. The Morgan fingerprint density at radius 2 is 2.09 bits per heavy atom. The number of hydrogen-bond donors (Lipinski definition) is 0. The Labute approximate surface area is 145 Å². The van der Waals surface area contributed by atoms with Crippen molar-refractivity contribution in [2.75, 3.05) is 18.6 Å². The molecule has 0 N–H and O–H groups in total. The highest BCUT2D eigenvalue weighted by atomic mass is 32.2. The lowest BCUT2D eigenvalue weighted by molar-refractivity contribution is 0.0960. The third-order valence-corrected chi connectivity index (χ3v) is 5.53. The summed E-state index contributed by atoms with van der Waals surface area (Å²) in [5.41, 5.74) is 2.21. The summed E-state index contributed by atoms with van der Waals surface area (Å²) in [6, 6.07) is 16.3. The summed E-state index contributed by atoms with van der Waals surface area (Å²) >= 11 is 3.53. The number of thioether (sulfide) groups is 2. The number of nitrogens with zero attached hydrogens (tertiary/aromatic N) is 1. The lowest BCUT2D eigenvalue weighted by atomic mass is 10.2. The Balaban J connectivity index is 1.66. The lowest BCUT2D eigenvalue weighted by Gasteiger charge is -2.20. The van der Waals surface area contributed by atoms with Crippen LogP contribution in [0.5, 0.6) is 0 Å². The van der Waals surface area contributed by atoms with Crippen LogP contribution in [-0.4, -0.2) is 29.5 Å². The quantitative estimate of drug-likeness (QED) is 0.757. The second kappa shape index (κ2) is 7.79. The van der Waals surface area contributed by atoms with E-state index in [-0.39, 0.29) is 6.09 Å². The van der Waals surface area contributed by atoms with Gasteiger partial charge in [-0.1, -0.05) is 30.3 Å². The van der Waals surface area contributed by atoms with E-state index in [1.165, 1.54) is 15.4 Å². The van der Waals surface area contributed by atoms with Crippen LogP contribution >= 0.6 is 23.5 Å². The minimum atomic E-state index is -0.239. The molecule has 23 heavy (non-hydrogen) atoms. The fourth-order valence-electron chi connectivity index (χ4n) is 2.46. The highest BCUT2D eigenvalue weighted by Gasteiger charge is 2.20. The van der Waals surface area contributed by atoms with E-state index >= 15 is 0 Å². The molecule has 1 aliphatic heterocycles. The van der Waals surface area contributed by atoms with Crippen molar-refractivity contribution in [3.63, 3.8) is 0 Å². The normalized spacial score (nSPS) is 14.0. The second-order valence-electron chi connectivity index (χ2n) is 5.28. The molecule has 1 aliphatic rings. The van der Waals surface area contributed by atoms with Gasteiger partial charge in [-0.25, -0.2) is 4.79 Å². The molecule has 120 valence electrons. The number of rotatable bonds is 3. The van der Waals surface area contributed by atoms with Crippen LogP contribution in [0.4, 0.5) is 4.79 Å². The first kappa shape index (κ1) is 16.3. The van der Waals surface area contributed by atoms with E-state index in [9.17, 15) is 4.79 Å². The Bertz CT molecular complexity index is 676. The molecule has 0 bridgehead atoms. The Kier molecular flexibility index (Phi) is 5.51. The molecule has 0 unspecified atom stereocenters. The van der Waals surface area contributed by atoms with Crippen LogP contribution < -0.4 is 0 Å². The van der Waals surface area contributed by atoms with Crippen molar-refractivity contribution in [2.45, 2.75) is 22.9 Å². The molecule has 3 nitrogen and oxygen atoms in total. The van der Waals surface area contributed by atoms with Gasteiger partial charge in [-0.15, -0.1) is 23.5 Å². The van der Waals surface area contributed by atoms with E-state index < -0.39 is 0 Å². The Morgan fingerprint density at radius 3 is 2.87 bits per heavy atom. The monoisotopic (exact) mass is 345 g/mol. The van der Waals surface area contributed by atoms with Gasteiger partial charge >= 0.3 is 6.09 Å². The summed E-state index contributed by atoms with van der Waals surface area (Å²) in [6.07, 6.45) is 1.83. The second-order valence-corrected chi connectivity index (χ2v) is 7.30. The molecule has 0 aromatic heterocycles. The summed E-state index contributed by atoms with van der Waals surface area (Å²) in [5, 5.41) is 0. The minimum absolute atomic E-state index is 0.239. The van der Waals surface area contributed by atoms with Gasteiger partial charge in [0.25, 0.3) is 0 Å². The van der Waals surface area contributed by atoms with Crippen molar-refractivity contribution >= 4 is 29.6 Å². The van der Waals surface area contributed by atoms with Crippen molar-refractivity contribution in [1.29, 1.82) is 0 Å². The average molecular weight is 345 g/mol. The molecule has 0 fully saturated rings. The summed E-state index contributed by atoms with van der Waals surface area (Å²) in [5.74, 6) is 0.895. The smallest absolute Gasteiger partial charge is 0.410 e. The van der Waals surface area contributed by atoms with Gasteiger partial charge in [0.15, 0.2) is 0 Å². The standard InChI is InChI=1S/C18H19NO2S2/c1-22-16-7-8-17-15(11-16)12-19(9-10-23-17)18(20)21-13-14-5-3-2-4-6-14/h2-8,11H,9-10,12-13H2,1H3. The summed E-state index contributed by atoms with van der Waals surface area (Å²) in [4.78, 5) is 16.7. The van der Waals surface area contributed by atoms with E-state index in [4.69, 9.17) is 4.74 Å². The molecule has 5 heteroatoms. The van der Waals surface area contributed by atoms with Crippen LogP contribution in [0.15, 0.2) is 58.3 Å². The average Bonchev–Trinajstić information content (AvgIpc) is 2.82. The van der Waals surface area contributed by atoms with E-state index in [1.807, 2.05) is 30.3 Å². The number of hydrogen-bond acceptors (Lipinski definition) is 4. The fourth-order valence-corrected chi connectivity index (χ4v) is 3.93. The van der Waals surface area contributed by atoms with E-state index in [0.29, 0.717) is 19.7 Å². The first-order valence-corrected chi connectivity index (χ1v) is 9.72. The first-order chi connectivity index (χ1) is 11.3. The van der Waals surface area contributed by atoms with Gasteiger partial charge in [-0.3, -0.25) is 0 Å². The predicted octanol–water partition coefficient (Wildman–Crippen LogP) is 4.65. The highest BCUT2D eigenvalue weighted by Crippen LogP contribution is 2.30. The molecule has 1 amide bonds. The minimum Gasteiger partial charge on any atom is -0.445 e. The maximum absolute atomic E-state index is 12.4. The van der Waals surface area contributed by atoms with Gasteiger partial charge in [0.05, 0.1) is 6.54 Å². The van der Waals surface area contributed by atoms with Gasteiger partial charge in [-0.05, 0) is 35.6 Å². The Morgan fingerprint density at radius 1 is 1.26 bits per heavy atom. The molecule has 1 heterocycles. The number of amides is 1. The SMILES string of the molecule is CSc1ccc2c(c1)CN(C(=O)OCc1ccccc1)CCS2.